The Bertz CT molecular complexity index is 492. The minimum atomic E-state index is -1.18. The maximum absolute atomic E-state index is 14.0. The van der Waals surface area contributed by atoms with Crippen molar-refractivity contribution in [2.45, 2.75) is 26.7 Å². The van der Waals surface area contributed by atoms with Gasteiger partial charge in [0.15, 0.2) is 5.82 Å². The van der Waals surface area contributed by atoms with E-state index in [1.165, 1.54) is 12.1 Å². The lowest BCUT2D eigenvalue weighted by molar-refractivity contribution is 0.0695. The molecule has 0 fully saturated rings. The van der Waals surface area contributed by atoms with E-state index >= 15 is 0 Å². The summed E-state index contributed by atoms with van der Waals surface area (Å²) in [5.41, 5.74) is 0.0687. The molecule has 0 unspecified atom stereocenters. The Labute approximate surface area is 126 Å². The van der Waals surface area contributed by atoms with Gasteiger partial charge < -0.3 is 15.5 Å². The molecule has 1 rings (SSSR count). The minimum absolute atomic E-state index is 0.0526. The third kappa shape index (κ3) is 4.45. The number of rotatable bonds is 7. The molecule has 0 radical (unpaired) electrons. The first-order valence-corrected chi connectivity index (χ1v) is 7.14. The van der Waals surface area contributed by atoms with Crippen LogP contribution >= 0.6 is 15.9 Å². The largest absolute Gasteiger partial charge is 0.478 e. The van der Waals surface area contributed by atoms with Gasteiger partial charge in [0.2, 0.25) is 0 Å². The second-order valence-electron chi connectivity index (χ2n) is 5.44. The number of hydrogen-bond acceptors (Lipinski definition) is 3. The zero-order chi connectivity index (χ0) is 15.3. The number of aliphatic hydroxyl groups is 1. The Morgan fingerprint density at radius 3 is 2.65 bits per heavy atom. The molecule has 4 nitrogen and oxygen atoms in total. The van der Waals surface area contributed by atoms with Gasteiger partial charge >= 0.3 is 5.97 Å². The lowest BCUT2D eigenvalue weighted by Gasteiger charge is -2.25. The van der Waals surface area contributed by atoms with Crippen LogP contribution in [0.2, 0.25) is 0 Å². The molecule has 0 heterocycles. The van der Waals surface area contributed by atoms with Crippen molar-refractivity contribution in [1.82, 2.24) is 0 Å². The standard InChI is InChI=1S/C14H19BrFNO3/c1-14(2,6-3-7-18)8-17-10-5-4-9(13(19)20)11(15)12(10)16/h4-5,17-18H,3,6-8H2,1-2H3,(H,19,20). The van der Waals surface area contributed by atoms with Crippen molar-refractivity contribution in [3.8, 4) is 0 Å². The van der Waals surface area contributed by atoms with Crippen LogP contribution in [0.3, 0.4) is 0 Å². The number of aromatic carboxylic acids is 1. The summed E-state index contributed by atoms with van der Waals surface area (Å²) >= 11 is 2.97. The Morgan fingerprint density at radius 1 is 1.45 bits per heavy atom. The van der Waals surface area contributed by atoms with E-state index < -0.39 is 11.8 Å². The van der Waals surface area contributed by atoms with Gasteiger partial charge in [-0.2, -0.15) is 0 Å². The van der Waals surface area contributed by atoms with E-state index in [9.17, 15) is 9.18 Å². The first-order chi connectivity index (χ1) is 9.28. The molecule has 0 atom stereocenters. The zero-order valence-corrected chi connectivity index (χ0v) is 13.1. The molecule has 0 spiro atoms. The van der Waals surface area contributed by atoms with E-state index in [-0.39, 0.29) is 27.7 Å². The highest BCUT2D eigenvalue weighted by atomic mass is 79.9. The van der Waals surface area contributed by atoms with Crippen molar-refractivity contribution in [3.05, 3.63) is 28.0 Å². The molecule has 112 valence electrons. The van der Waals surface area contributed by atoms with Gasteiger partial charge in [-0.1, -0.05) is 13.8 Å². The number of hydrogen-bond donors (Lipinski definition) is 3. The summed E-state index contributed by atoms with van der Waals surface area (Å²) in [6.07, 6.45) is 1.51. The van der Waals surface area contributed by atoms with E-state index in [0.29, 0.717) is 13.0 Å². The molecule has 0 aliphatic carbocycles. The fourth-order valence-corrected chi connectivity index (χ4v) is 2.35. The third-order valence-corrected chi connectivity index (χ3v) is 3.86. The van der Waals surface area contributed by atoms with Crippen molar-refractivity contribution >= 4 is 27.6 Å². The second kappa shape index (κ2) is 7.04. The molecule has 0 bridgehead atoms. The summed E-state index contributed by atoms with van der Waals surface area (Å²) < 4.78 is 14.0. The molecule has 0 aliphatic heterocycles. The molecule has 0 amide bonds. The average Bonchev–Trinajstić information content (AvgIpc) is 2.38. The van der Waals surface area contributed by atoms with Crippen LogP contribution in [0, 0.1) is 11.2 Å². The van der Waals surface area contributed by atoms with Gasteiger partial charge in [-0.3, -0.25) is 0 Å². The number of halogens is 2. The lowest BCUT2D eigenvalue weighted by Crippen LogP contribution is -2.24. The minimum Gasteiger partial charge on any atom is -0.478 e. The van der Waals surface area contributed by atoms with Crippen LogP contribution in [0.15, 0.2) is 16.6 Å². The van der Waals surface area contributed by atoms with Gasteiger partial charge in [0.05, 0.1) is 15.7 Å². The highest BCUT2D eigenvalue weighted by Crippen LogP contribution is 2.29. The maximum Gasteiger partial charge on any atom is 0.336 e. The normalized spacial score (nSPS) is 11.4. The number of benzene rings is 1. The molecule has 0 saturated carbocycles. The lowest BCUT2D eigenvalue weighted by atomic mass is 9.88. The third-order valence-electron chi connectivity index (χ3n) is 3.08. The Kier molecular flexibility index (Phi) is 5.95. The van der Waals surface area contributed by atoms with E-state index in [1.807, 2.05) is 13.8 Å². The van der Waals surface area contributed by atoms with Crippen molar-refractivity contribution in [1.29, 1.82) is 0 Å². The van der Waals surface area contributed by atoms with E-state index in [1.54, 1.807) is 0 Å². The summed E-state index contributed by atoms with van der Waals surface area (Å²) in [4.78, 5) is 10.9. The number of nitrogens with one attached hydrogen (secondary N) is 1. The van der Waals surface area contributed by atoms with Crippen LogP contribution in [0.25, 0.3) is 0 Å². The zero-order valence-electron chi connectivity index (χ0n) is 11.5. The summed E-state index contributed by atoms with van der Waals surface area (Å²) in [5.74, 6) is -1.78. The van der Waals surface area contributed by atoms with Gasteiger partial charge in [0.25, 0.3) is 0 Å². The monoisotopic (exact) mass is 347 g/mol. The van der Waals surface area contributed by atoms with Gasteiger partial charge in [-0.05, 0) is 46.3 Å². The Morgan fingerprint density at radius 2 is 2.10 bits per heavy atom. The molecule has 1 aromatic carbocycles. The van der Waals surface area contributed by atoms with Crippen molar-refractivity contribution < 1.29 is 19.4 Å². The van der Waals surface area contributed by atoms with Gasteiger partial charge in [-0.15, -0.1) is 0 Å². The fourth-order valence-electron chi connectivity index (χ4n) is 1.83. The predicted octanol–water partition coefficient (Wildman–Crippen LogP) is 3.50. The molecule has 20 heavy (non-hydrogen) atoms. The van der Waals surface area contributed by atoms with Crippen molar-refractivity contribution in [2.24, 2.45) is 5.41 Å². The number of carboxylic acid groups (broad SMARTS) is 1. The van der Waals surface area contributed by atoms with E-state index in [2.05, 4.69) is 21.2 Å². The molecule has 1 aromatic rings. The number of aliphatic hydroxyl groups excluding tert-OH is 1. The first kappa shape index (κ1) is 16.9. The number of carbonyl (C=O) groups is 1. The van der Waals surface area contributed by atoms with Crippen LogP contribution in [0.1, 0.15) is 37.0 Å². The first-order valence-electron chi connectivity index (χ1n) is 6.34. The predicted molar refractivity (Wildman–Crippen MR) is 79.6 cm³/mol. The summed E-state index contributed by atoms with van der Waals surface area (Å²) in [6.45, 7) is 4.71. The van der Waals surface area contributed by atoms with Crippen LogP contribution in [0.4, 0.5) is 10.1 Å². The molecule has 0 aromatic heterocycles. The van der Waals surface area contributed by atoms with Crippen LogP contribution in [-0.4, -0.2) is 29.3 Å². The van der Waals surface area contributed by atoms with Gasteiger partial charge in [0.1, 0.15) is 0 Å². The number of carboxylic acids is 1. The highest BCUT2D eigenvalue weighted by molar-refractivity contribution is 9.10. The number of anilines is 1. The summed E-state index contributed by atoms with van der Waals surface area (Å²) in [5, 5.41) is 20.7. The van der Waals surface area contributed by atoms with Crippen molar-refractivity contribution in [2.75, 3.05) is 18.5 Å². The molecule has 0 aliphatic rings. The maximum atomic E-state index is 14.0. The Hall–Kier alpha value is -1.14. The quantitative estimate of drug-likeness (QED) is 0.706. The average molecular weight is 348 g/mol. The van der Waals surface area contributed by atoms with Gasteiger partial charge in [0, 0.05) is 13.2 Å². The SMILES string of the molecule is CC(C)(CCCO)CNc1ccc(C(=O)O)c(Br)c1F. The van der Waals surface area contributed by atoms with Gasteiger partial charge in [-0.25, -0.2) is 9.18 Å². The van der Waals surface area contributed by atoms with Crippen LogP contribution in [-0.2, 0) is 0 Å². The molecule has 0 saturated heterocycles. The van der Waals surface area contributed by atoms with Crippen LogP contribution in [0.5, 0.6) is 0 Å². The summed E-state index contributed by atoms with van der Waals surface area (Å²) in [6, 6.07) is 2.78. The van der Waals surface area contributed by atoms with Crippen molar-refractivity contribution in [3.63, 3.8) is 0 Å². The van der Waals surface area contributed by atoms with Crippen LogP contribution < -0.4 is 5.32 Å². The van der Waals surface area contributed by atoms with E-state index in [4.69, 9.17) is 10.2 Å². The topological polar surface area (TPSA) is 69.6 Å². The Balaban J connectivity index is 2.79. The fraction of sp³-hybridized carbons (Fsp3) is 0.500. The molecule has 3 N–H and O–H groups in total. The highest BCUT2D eigenvalue weighted by Gasteiger charge is 2.20. The van der Waals surface area contributed by atoms with E-state index in [0.717, 1.165) is 6.42 Å². The molecule has 6 heteroatoms. The summed E-state index contributed by atoms with van der Waals surface area (Å²) in [7, 11) is 0. The molecular weight excluding hydrogens is 329 g/mol. The molecular formula is C14H19BrFNO3. The smallest absolute Gasteiger partial charge is 0.336 e. The second-order valence-corrected chi connectivity index (χ2v) is 6.23.